The molecule has 0 fully saturated rings. The van der Waals surface area contributed by atoms with Crippen LogP contribution in [0.15, 0.2) is 42.5 Å². The first kappa shape index (κ1) is 10.5. The predicted molar refractivity (Wildman–Crippen MR) is 61.2 cm³/mol. The summed E-state index contributed by atoms with van der Waals surface area (Å²) in [6.07, 6.45) is 0. The lowest BCUT2D eigenvalue weighted by molar-refractivity contribution is -0.147. The van der Waals surface area contributed by atoms with Crippen molar-refractivity contribution in [2.24, 2.45) is 0 Å². The zero-order valence-electron chi connectivity index (χ0n) is 8.97. The van der Waals surface area contributed by atoms with Gasteiger partial charge in [-0.2, -0.15) is 0 Å². The minimum atomic E-state index is -0.346. The molecule has 0 aliphatic rings. The Kier molecular flexibility index (Phi) is 3.05. The molecule has 2 aromatic carbocycles. The van der Waals surface area contributed by atoms with Crippen molar-refractivity contribution in [3.05, 3.63) is 42.5 Å². The van der Waals surface area contributed by atoms with Crippen LogP contribution in [-0.2, 0) is 9.53 Å². The lowest BCUT2D eigenvalue weighted by Crippen LogP contribution is -2.06. The molecule has 0 saturated carbocycles. The number of fused-ring (bicyclic) bond motifs is 1. The molecule has 2 rings (SSSR count). The standard InChI is InChI=1S/C13H12O3/c1-10(14)15-9-16-13-7-6-11-4-2-3-5-12(11)8-13/h2-8H,9H2,1H3. The van der Waals surface area contributed by atoms with Gasteiger partial charge >= 0.3 is 5.97 Å². The van der Waals surface area contributed by atoms with Gasteiger partial charge in [0.25, 0.3) is 0 Å². The van der Waals surface area contributed by atoms with E-state index in [1.165, 1.54) is 6.92 Å². The molecule has 3 nitrogen and oxygen atoms in total. The third-order valence-electron chi connectivity index (χ3n) is 2.21. The second kappa shape index (κ2) is 4.66. The topological polar surface area (TPSA) is 35.5 Å². The summed E-state index contributed by atoms with van der Waals surface area (Å²) >= 11 is 0. The molecular formula is C13H12O3. The summed E-state index contributed by atoms with van der Waals surface area (Å²) in [6.45, 7) is 1.30. The number of benzene rings is 2. The molecule has 3 heteroatoms. The summed E-state index contributed by atoms with van der Waals surface area (Å²) in [4.78, 5) is 10.5. The summed E-state index contributed by atoms with van der Waals surface area (Å²) in [7, 11) is 0. The molecule has 0 heterocycles. The lowest BCUT2D eigenvalue weighted by Gasteiger charge is -2.06. The second-order valence-corrected chi connectivity index (χ2v) is 3.41. The summed E-state index contributed by atoms with van der Waals surface area (Å²) in [5.41, 5.74) is 0. The molecular weight excluding hydrogens is 204 g/mol. The van der Waals surface area contributed by atoms with E-state index in [2.05, 4.69) is 0 Å². The molecule has 0 spiro atoms. The molecule has 2 aromatic rings. The van der Waals surface area contributed by atoms with Crippen LogP contribution in [-0.4, -0.2) is 12.8 Å². The van der Waals surface area contributed by atoms with Crippen molar-refractivity contribution >= 4 is 16.7 Å². The summed E-state index contributed by atoms with van der Waals surface area (Å²) in [6, 6.07) is 13.7. The Morgan fingerprint density at radius 3 is 2.62 bits per heavy atom. The molecule has 0 aromatic heterocycles. The molecule has 0 amide bonds. The van der Waals surface area contributed by atoms with E-state index in [1.807, 2.05) is 42.5 Å². The van der Waals surface area contributed by atoms with Gasteiger partial charge in [-0.25, -0.2) is 0 Å². The van der Waals surface area contributed by atoms with Crippen molar-refractivity contribution in [3.8, 4) is 5.75 Å². The number of esters is 1. The fourth-order valence-electron chi connectivity index (χ4n) is 1.44. The van der Waals surface area contributed by atoms with Crippen LogP contribution in [0.2, 0.25) is 0 Å². The fraction of sp³-hybridized carbons (Fsp3) is 0.154. The van der Waals surface area contributed by atoms with E-state index in [9.17, 15) is 4.79 Å². The van der Waals surface area contributed by atoms with Gasteiger partial charge in [0.05, 0.1) is 0 Å². The lowest BCUT2D eigenvalue weighted by atomic mass is 10.1. The molecule has 0 atom stereocenters. The molecule has 0 unspecified atom stereocenters. The highest BCUT2D eigenvalue weighted by atomic mass is 16.7. The van der Waals surface area contributed by atoms with Crippen LogP contribution in [0.4, 0.5) is 0 Å². The first-order valence-corrected chi connectivity index (χ1v) is 5.01. The highest BCUT2D eigenvalue weighted by Gasteiger charge is 1.97. The maximum absolute atomic E-state index is 10.5. The molecule has 82 valence electrons. The van der Waals surface area contributed by atoms with Crippen molar-refractivity contribution < 1.29 is 14.3 Å². The third kappa shape index (κ3) is 2.51. The van der Waals surface area contributed by atoms with Gasteiger partial charge in [0.1, 0.15) is 5.75 Å². The van der Waals surface area contributed by atoms with E-state index in [4.69, 9.17) is 9.47 Å². The van der Waals surface area contributed by atoms with Crippen molar-refractivity contribution in [2.45, 2.75) is 6.92 Å². The average molecular weight is 216 g/mol. The van der Waals surface area contributed by atoms with Crippen molar-refractivity contribution in [1.82, 2.24) is 0 Å². The SMILES string of the molecule is CC(=O)OCOc1ccc2ccccc2c1. The zero-order chi connectivity index (χ0) is 11.4. The molecule has 0 radical (unpaired) electrons. The second-order valence-electron chi connectivity index (χ2n) is 3.41. The molecule has 0 aliphatic carbocycles. The van der Waals surface area contributed by atoms with Crippen LogP contribution in [0, 0.1) is 0 Å². The van der Waals surface area contributed by atoms with Gasteiger partial charge in [-0.05, 0) is 22.9 Å². The van der Waals surface area contributed by atoms with Gasteiger partial charge in [0.15, 0.2) is 0 Å². The summed E-state index contributed by atoms with van der Waals surface area (Å²) < 4.78 is 9.98. The minimum absolute atomic E-state index is 0.0479. The zero-order valence-corrected chi connectivity index (χ0v) is 8.97. The minimum Gasteiger partial charge on any atom is -0.457 e. The Morgan fingerprint density at radius 2 is 1.88 bits per heavy atom. The normalized spacial score (nSPS) is 10.1. The Morgan fingerprint density at radius 1 is 1.12 bits per heavy atom. The largest absolute Gasteiger partial charge is 0.457 e. The molecule has 0 N–H and O–H groups in total. The third-order valence-corrected chi connectivity index (χ3v) is 2.21. The van der Waals surface area contributed by atoms with Gasteiger partial charge in [0, 0.05) is 6.92 Å². The number of ether oxygens (including phenoxy) is 2. The highest BCUT2D eigenvalue weighted by molar-refractivity contribution is 5.83. The van der Waals surface area contributed by atoms with Crippen LogP contribution in [0.25, 0.3) is 10.8 Å². The predicted octanol–water partition coefficient (Wildman–Crippen LogP) is 2.74. The van der Waals surface area contributed by atoms with E-state index in [0.717, 1.165) is 10.8 Å². The van der Waals surface area contributed by atoms with Gasteiger partial charge in [-0.3, -0.25) is 4.79 Å². The molecule has 0 saturated heterocycles. The summed E-state index contributed by atoms with van der Waals surface area (Å²) in [5, 5.41) is 2.25. The van der Waals surface area contributed by atoms with Gasteiger partial charge in [-0.15, -0.1) is 0 Å². The van der Waals surface area contributed by atoms with Crippen LogP contribution in [0.3, 0.4) is 0 Å². The molecule has 16 heavy (non-hydrogen) atoms. The van der Waals surface area contributed by atoms with Crippen LogP contribution in [0.5, 0.6) is 5.75 Å². The van der Waals surface area contributed by atoms with E-state index >= 15 is 0 Å². The van der Waals surface area contributed by atoms with E-state index in [1.54, 1.807) is 0 Å². The van der Waals surface area contributed by atoms with Crippen molar-refractivity contribution in [2.75, 3.05) is 6.79 Å². The monoisotopic (exact) mass is 216 g/mol. The smallest absolute Gasteiger partial charge is 0.305 e. The van der Waals surface area contributed by atoms with E-state index in [0.29, 0.717) is 5.75 Å². The fourth-order valence-corrected chi connectivity index (χ4v) is 1.44. The van der Waals surface area contributed by atoms with Crippen LogP contribution < -0.4 is 4.74 Å². The molecule has 0 aliphatic heterocycles. The van der Waals surface area contributed by atoms with E-state index in [-0.39, 0.29) is 12.8 Å². The van der Waals surface area contributed by atoms with Crippen LogP contribution >= 0.6 is 0 Å². The highest BCUT2D eigenvalue weighted by Crippen LogP contribution is 2.20. The maximum atomic E-state index is 10.5. The van der Waals surface area contributed by atoms with Gasteiger partial charge in [-0.1, -0.05) is 30.3 Å². The number of rotatable bonds is 3. The van der Waals surface area contributed by atoms with Crippen molar-refractivity contribution in [1.29, 1.82) is 0 Å². The average Bonchev–Trinajstić information content (AvgIpc) is 2.28. The first-order chi connectivity index (χ1) is 7.75. The van der Waals surface area contributed by atoms with Gasteiger partial charge in [0.2, 0.25) is 6.79 Å². The Balaban J connectivity index is 2.10. The van der Waals surface area contributed by atoms with E-state index < -0.39 is 0 Å². The first-order valence-electron chi connectivity index (χ1n) is 5.01. The number of carbonyl (C=O) groups is 1. The molecule has 0 bridgehead atoms. The van der Waals surface area contributed by atoms with Crippen molar-refractivity contribution in [3.63, 3.8) is 0 Å². The number of hydrogen-bond acceptors (Lipinski definition) is 3. The Labute approximate surface area is 93.6 Å². The van der Waals surface area contributed by atoms with Gasteiger partial charge < -0.3 is 9.47 Å². The summed E-state index contributed by atoms with van der Waals surface area (Å²) in [5.74, 6) is 0.348. The maximum Gasteiger partial charge on any atom is 0.305 e. The van der Waals surface area contributed by atoms with Crippen LogP contribution in [0.1, 0.15) is 6.92 Å². The Bertz CT molecular complexity index is 505. The number of carbonyl (C=O) groups excluding carboxylic acids is 1. The Hall–Kier alpha value is -2.03. The quantitative estimate of drug-likeness (QED) is 0.584. The number of hydrogen-bond donors (Lipinski definition) is 0.